The van der Waals surface area contributed by atoms with Gasteiger partial charge in [0.1, 0.15) is 6.10 Å². The van der Waals surface area contributed by atoms with Gasteiger partial charge in [-0.15, -0.1) is 0 Å². The number of ether oxygens (including phenoxy) is 1. The summed E-state index contributed by atoms with van der Waals surface area (Å²) in [5.74, 6) is 0.861. The Morgan fingerprint density at radius 2 is 2.06 bits per heavy atom. The van der Waals surface area contributed by atoms with Crippen molar-refractivity contribution in [2.75, 3.05) is 26.2 Å². The Bertz CT molecular complexity index is 269. The minimum Gasteiger partial charge on any atom is -0.368 e. The molecule has 2 heterocycles. The number of rotatable bonds is 4. The fourth-order valence-corrected chi connectivity index (χ4v) is 2.86. The maximum atomic E-state index is 12.4. The summed E-state index contributed by atoms with van der Waals surface area (Å²) in [7, 11) is 0. The predicted octanol–water partition coefficient (Wildman–Crippen LogP) is 1.40. The van der Waals surface area contributed by atoms with Gasteiger partial charge in [-0.25, -0.2) is 0 Å². The molecule has 2 fully saturated rings. The monoisotopic (exact) mass is 254 g/mol. The normalized spacial score (nSPS) is 25.6. The Kier molecular flexibility index (Phi) is 5.01. The molecule has 1 amide bonds. The number of amides is 1. The number of hydrogen-bond donors (Lipinski definition) is 1. The number of carbonyl (C=O) groups is 1. The average Bonchev–Trinajstić information content (AvgIpc) is 2.90. The predicted molar refractivity (Wildman–Crippen MR) is 71.4 cm³/mol. The highest BCUT2D eigenvalue weighted by Gasteiger charge is 2.31. The lowest BCUT2D eigenvalue weighted by molar-refractivity contribution is -0.143. The van der Waals surface area contributed by atoms with Crippen molar-refractivity contribution in [1.29, 1.82) is 0 Å². The van der Waals surface area contributed by atoms with Crippen LogP contribution in [0.3, 0.4) is 0 Å². The van der Waals surface area contributed by atoms with Crippen LogP contribution in [0.25, 0.3) is 0 Å². The maximum absolute atomic E-state index is 12.4. The summed E-state index contributed by atoms with van der Waals surface area (Å²) >= 11 is 0. The number of nitrogens with one attached hydrogen (secondary N) is 1. The van der Waals surface area contributed by atoms with Gasteiger partial charge in [-0.1, -0.05) is 0 Å². The Labute approximate surface area is 110 Å². The molecule has 0 aromatic rings. The second kappa shape index (κ2) is 6.53. The fourth-order valence-electron chi connectivity index (χ4n) is 2.86. The van der Waals surface area contributed by atoms with Crippen molar-refractivity contribution < 1.29 is 9.53 Å². The van der Waals surface area contributed by atoms with Crippen molar-refractivity contribution in [1.82, 2.24) is 10.2 Å². The van der Waals surface area contributed by atoms with E-state index < -0.39 is 0 Å². The first kappa shape index (κ1) is 13.8. The van der Waals surface area contributed by atoms with Gasteiger partial charge in [0.05, 0.1) is 0 Å². The van der Waals surface area contributed by atoms with Gasteiger partial charge in [0.25, 0.3) is 5.91 Å². The van der Waals surface area contributed by atoms with Crippen molar-refractivity contribution >= 4 is 5.91 Å². The lowest BCUT2D eigenvalue weighted by Gasteiger charge is -2.34. The highest BCUT2D eigenvalue weighted by Crippen LogP contribution is 2.20. The van der Waals surface area contributed by atoms with Crippen molar-refractivity contribution in [3.05, 3.63) is 0 Å². The summed E-state index contributed by atoms with van der Waals surface area (Å²) in [5, 5.41) is 3.37. The largest absolute Gasteiger partial charge is 0.368 e. The second-order valence-electron chi connectivity index (χ2n) is 5.78. The first-order chi connectivity index (χ1) is 8.68. The fraction of sp³-hybridized carbons (Fsp3) is 0.929. The third-order valence-corrected chi connectivity index (χ3v) is 4.03. The summed E-state index contributed by atoms with van der Waals surface area (Å²) in [6.45, 7) is 8.03. The molecule has 2 aliphatic rings. The molecule has 4 heteroatoms. The average molecular weight is 254 g/mol. The molecule has 104 valence electrons. The number of carbonyl (C=O) groups excluding carboxylic acids is 1. The Balaban J connectivity index is 1.91. The molecule has 0 aromatic carbocycles. The van der Waals surface area contributed by atoms with Crippen molar-refractivity contribution in [2.24, 2.45) is 5.92 Å². The standard InChI is InChI=1S/C14H26N2O2/c1-11(2)16(10-12-5-7-15-8-6-12)14(17)13-4-3-9-18-13/h11-13,15H,3-10H2,1-2H3. The van der Waals surface area contributed by atoms with Crippen LogP contribution in [-0.4, -0.2) is 49.2 Å². The lowest BCUT2D eigenvalue weighted by atomic mass is 9.96. The van der Waals surface area contributed by atoms with Crippen molar-refractivity contribution in [3.63, 3.8) is 0 Å². The molecule has 1 unspecified atom stereocenters. The third-order valence-electron chi connectivity index (χ3n) is 4.03. The van der Waals surface area contributed by atoms with Crippen LogP contribution in [-0.2, 0) is 9.53 Å². The van der Waals surface area contributed by atoms with Crippen molar-refractivity contribution in [3.8, 4) is 0 Å². The van der Waals surface area contributed by atoms with E-state index >= 15 is 0 Å². The van der Waals surface area contributed by atoms with Gasteiger partial charge in [0.15, 0.2) is 0 Å². The number of hydrogen-bond acceptors (Lipinski definition) is 3. The maximum Gasteiger partial charge on any atom is 0.251 e. The molecule has 0 aliphatic carbocycles. The minimum absolute atomic E-state index is 0.172. The molecule has 0 radical (unpaired) electrons. The molecule has 18 heavy (non-hydrogen) atoms. The molecule has 0 spiro atoms. The molecule has 2 rings (SSSR count). The summed E-state index contributed by atoms with van der Waals surface area (Å²) in [5.41, 5.74) is 0. The zero-order valence-electron chi connectivity index (χ0n) is 11.7. The molecule has 2 saturated heterocycles. The minimum atomic E-state index is -0.172. The molecular formula is C14H26N2O2. The summed E-state index contributed by atoms with van der Waals surface area (Å²) < 4.78 is 5.53. The zero-order chi connectivity index (χ0) is 13.0. The summed E-state index contributed by atoms with van der Waals surface area (Å²) in [4.78, 5) is 14.5. The Morgan fingerprint density at radius 3 is 2.61 bits per heavy atom. The molecule has 2 aliphatic heterocycles. The van der Waals surface area contributed by atoms with E-state index in [0.29, 0.717) is 5.92 Å². The van der Waals surface area contributed by atoms with Crippen LogP contribution in [0, 0.1) is 5.92 Å². The van der Waals surface area contributed by atoms with Gasteiger partial charge in [-0.2, -0.15) is 0 Å². The van der Waals surface area contributed by atoms with Gasteiger partial charge < -0.3 is 15.0 Å². The quantitative estimate of drug-likeness (QED) is 0.824. The smallest absolute Gasteiger partial charge is 0.251 e. The third kappa shape index (κ3) is 3.45. The summed E-state index contributed by atoms with van der Waals surface area (Å²) in [6.07, 6.45) is 4.11. The Morgan fingerprint density at radius 1 is 1.33 bits per heavy atom. The van der Waals surface area contributed by atoms with Crippen LogP contribution in [0.2, 0.25) is 0 Å². The lowest BCUT2D eigenvalue weighted by Crippen LogP contribution is -2.47. The highest BCUT2D eigenvalue weighted by molar-refractivity contribution is 5.81. The van der Waals surface area contributed by atoms with E-state index in [1.165, 1.54) is 12.8 Å². The van der Waals surface area contributed by atoms with Gasteiger partial charge in [-0.05, 0) is 58.5 Å². The van der Waals surface area contributed by atoms with Crippen LogP contribution in [0.1, 0.15) is 39.5 Å². The van der Waals surface area contributed by atoms with E-state index in [9.17, 15) is 4.79 Å². The molecule has 0 aromatic heterocycles. The van der Waals surface area contributed by atoms with Crippen LogP contribution in [0.15, 0.2) is 0 Å². The Hall–Kier alpha value is -0.610. The number of nitrogens with zero attached hydrogens (tertiary/aromatic N) is 1. The highest BCUT2D eigenvalue weighted by atomic mass is 16.5. The van der Waals surface area contributed by atoms with Crippen molar-refractivity contribution in [2.45, 2.75) is 51.7 Å². The van der Waals surface area contributed by atoms with E-state index in [-0.39, 0.29) is 18.1 Å². The summed E-state index contributed by atoms with van der Waals surface area (Å²) in [6, 6.07) is 0.275. The van der Waals surface area contributed by atoms with E-state index in [1.807, 2.05) is 4.90 Å². The first-order valence-corrected chi connectivity index (χ1v) is 7.31. The van der Waals surface area contributed by atoms with E-state index in [4.69, 9.17) is 4.74 Å². The van der Waals surface area contributed by atoms with Gasteiger partial charge in [0, 0.05) is 19.2 Å². The van der Waals surface area contributed by atoms with Crippen LogP contribution >= 0.6 is 0 Å². The molecule has 4 nitrogen and oxygen atoms in total. The number of piperidine rings is 1. The molecule has 0 saturated carbocycles. The second-order valence-corrected chi connectivity index (χ2v) is 5.78. The molecule has 0 bridgehead atoms. The van der Waals surface area contributed by atoms with Gasteiger partial charge >= 0.3 is 0 Å². The molecular weight excluding hydrogens is 228 g/mol. The molecule has 1 atom stereocenters. The molecule has 1 N–H and O–H groups in total. The van der Waals surface area contributed by atoms with Crippen LogP contribution in [0.5, 0.6) is 0 Å². The van der Waals surface area contributed by atoms with Gasteiger partial charge in [0.2, 0.25) is 0 Å². The van der Waals surface area contributed by atoms with Gasteiger partial charge in [-0.3, -0.25) is 4.79 Å². The van der Waals surface area contributed by atoms with E-state index in [1.54, 1.807) is 0 Å². The van der Waals surface area contributed by atoms with Crippen LogP contribution in [0.4, 0.5) is 0 Å². The van der Waals surface area contributed by atoms with E-state index in [2.05, 4.69) is 19.2 Å². The first-order valence-electron chi connectivity index (χ1n) is 7.31. The topological polar surface area (TPSA) is 41.6 Å². The SMILES string of the molecule is CC(C)N(CC1CCNCC1)C(=O)C1CCCO1. The van der Waals surface area contributed by atoms with E-state index in [0.717, 1.165) is 39.1 Å². The van der Waals surface area contributed by atoms with Crippen LogP contribution < -0.4 is 5.32 Å². The zero-order valence-corrected chi connectivity index (χ0v) is 11.7.